The molecule has 1 N–H and O–H groups in total. The van der Waals surface area contributed by atoms with Crippen LogP contribution in [0.1, 0.15) is 19.3 Å². The highest BCUT2D eigenvalue weighted by Crippen LogP contribution is 2.13. The number of hydrogen-bond donors (Lipinski definition) is 1. The molecule has 1 saturated heterocycles. The minimum atomic E-state index is -0.322. The lowest BCUT2D eigenvalue weighted by atomic mass is 10.1. The minimum absolute atomic E-state index is 0.101. The summed E-state index contributed by atoms with van der Waals surface area (Å²) in [7, 11) is 0. The summed E-state index contributed by atoms with van der Waals surface area (Å²) in [5, 5.41) is 3.28. The Balaban J connectivity index is 1.85. The molecule has 0 saturated carbocycles. The predicted octanol–water partition coefficient (Wildman–Crippen LogP) is 2.85. The van der Waals surface area contributed by atoms with Crippen molar-refractivity contribution in [2.45, 2.75) is 19.3 Å². The molecule has 1 aromatic rings. The number of piperidine rings is 1. The first-order valence-electron chi connectivity index (χ1n) is 6.69. The van der Waals surface area contributed by atoms with Crippen LogP contribution in [0, 0.1) is 0 Å². The van der Waals surface area contributed by atoms with E-state index in [0.717, 1.165) is 25.9 Å². The van der Waals surface area contributed by atoms with Gasteiger partial charge in [-0.1, -0.05) is 11.6 Å². The maximum absolute atomic E-state index is 11.8. The molecule has 1 heterocycles. The number of halogens is 1. The maximum atomic E-state index is 11.8. The fourth-order valence-electron chi connectivity index (χ4n) is 2.08. The van der Waals surface area contributed by atoms with E-state index in [2.05, 4.69) is 5.32 Å². The third kappa shape index (κ3) is 4.38. The number of carbonyl (C=O) groups is 2. The van der Waals surface area contributed by atoms with Crippen LogP contribution in [0.15, 0.2) is 36.4 Å². The number of hydrogen-bond acceptors (Lipinski definition) is 2. The predicted molar refractivity (Wildman–Crippen MR) is 79.7 cm³/mol. The molecule has 0 aromatic heterocycles. The van der Waals surface area contributed by atoms with Gasteiger partial charge in [0.1, 0.15) is 0 Å². The third-order valence-corrected chi connectivity index (χ3v) is 3.41. The van der Waals surface area contributed by atoms with E-state index in [1.54, 1.807) is 29.2 Å². The molecule has 1 aliphatic heterocycles. The minimum Gasteiger partial charge on any atom is -0.339 e. The molecule has 2 amide bonds. The second-order valence-electron chi connectivity index (χ2n) is 4.72. The second kappa shape index (κ2) is 7.10. The average molecular weight is 293 g/mol. The summed E-state index contributed by atoms with van der Waals surface area (Å²) in [6.45, 7) is 1.56. The molecule has 0 spiro atoms. The molecule has 0 unspecified atom stereocenters. The molecule has 2 rings (SSSR count). The first-order valence-corrected chi connectivity index (χ1v) is 7.06. The molecule has 4 nitrogen and oxygen atoms in total. The molecule has 0 radical (unpaired) electrons. The van der Waals surface area contributed by atoms with Crippen LogP contribution in [-0.4, -0.2) is 29.8 Å². The monoisotopic (exact) mass is 292 g/mol. The number of benzene rings is 1. The van der Waals surface area contributed by atoms with E-state index in [1.165, 1.54) is 18.6 Å². The second-order valence-corrected chi connectivity index (χ2v) is 5.15. The van der Waals surface area contributed by atoms with Gasteiger partial charge in [0.2, 0.25) is 11.8 Å². The van der Waals surface area contributed by atoms with E-state index in [0.29, 0.717) is 10.7 Å². The van der Waals surface area contributed by atoms with Gasteiger partial charge in [-0.15, -0.1) is 0 Å². The Morgan fingerprint density at radius 3 is 2.35 bits per heavy atom. The van der Waals surface area contributed by atoms with Gasteiger partial charge in [0.25, 0.3) is 0 Å². The summed E-state index contributed by atoms with van der Waals surface area (Å²) in [6.07, 6.45) is 5.85. The van der Waals surface area contributed by atoms with Crippen molar-refractivity contribution in [3.05, 3.63) is 41.4 Å². The number of amides is 2. The molecule has 1 aromatic carbocycles. The molecular formula is C15H17ClN2O2. The average Bonchev–Trinajstić information content (AvgIpc) is 2.48. The van der Waals surface area contributed by atoms with Crippen molar-refractivity contribution in [3.63, 3.8) is 0 Å². The van der Waals surface area contributed by atoms with Crippen molar-refractivity contribution in [3.8, 4) is 0 Å². The van der Waals surface area contributed by atoms with Gasteiger partial charge in [-0.2, -0.15) is 0 Å². The first-order chi connectivity index (χ1) is 9.65. The number of nitrogens with zero attached hydrogens (tertiary/aromatic N) is 1. The Morgan fingerprint density at radius 2 is 1.70 bits per heavy atom. The highest BCUT2D eigenvalue weighted by molar-refractivity contribution is 6.30. The highest BCUT2D eigenvalue weighted by atomic mass is 35.5. The van der Waals surface area contributed by atoms with Gasteiger partial charge in [-0.05, 0) is 43.5 Å². The van der Waals surface area contributed by atoms with Crippen LogP contribution in [0.4, 0.5) is 5.69 Å². The Labute approximate surface area is 123 Å². The quantitative estimate of drug-likeness (QED) is 0.871. The fourth-order valence-corrected chi connectivity index (χ4v) is 2.21. The molecule has 20 heavy (non-hydrogen) atoms. The Bertz CT molecular complexity index is 505. The Morgan fingerprint density at radius 1 is 1.05 bits per heavy atom. The molecule has 1 fully saturated rings. The van der Waals surface area contributed by atoms with Crippen LogP contribution in [0.2, 0.25) is 5.02 Å². The van der Waals surface area contributed by atoms with E-state index in [9.17, 15) is 9.59 Å². The van der Waals surface area contributed by atoms with Gasteiger partial charge in [-0.25, -0.2) is 0 Å². The zero-order chi connectivity index (χ0) is 14.4. The summed E-state index contributed by atoms with van der Waals surface area (Å²) in [5.41, 5.74) is 0.648. The van der Waals surface area contributed by atoms with Gasteiger partial charge < -0.3 is 10.2 Å². The summed E-state index contributed by atoms with van der Waals surface area (Å²) < 4.78 is 0. The summed E-state index contributed by atoms with van der Waals surface area (Å²) in [4.78, 5) is 25.3. The van der Waals surface area contributed by atoms with Gasteiger partial charge >= 0.3 is 0 Å². The van der Waals surface area contributed by atoms with E-state index in [4.69, 9.17) is 11.6 Å². The molecule has 5 heteroatoms. The normalized spacial score (nSPS) is 15.3. The number of likely N-dealkylation sites (tertiary alicyclic amines) is 1. The zero-order valence-corrected chi connectivity index (χ0v) is 11.9. The SMILES string of the molecule is O=C(/C=C\C(=O)N1CCCCC1)Nc1ccc(Cl)cc1. The van der Waals surface area contributed by atoms with Gasteiger partial charge in [0, 0.05) is 36.0 Å². The van der Waals surface area contributed by atoms with Crippen molar-refractivity contribution in [2.75, 3.05) is 18.4 Å². The number of rotatable bonds is 3. The smallest absolute Gasteiger partial charge is 0.248 e. The van der Waals surface area contributed by atoms with Gasteiger partial charge in [0.15, 0.2) is 0 Å². The van der Waals surface area contributed by atoms with Crippen LogP contribution >= 0.6 is 11.6 Å². The number of nitrogens with one attached hydrogen (secondary N) is 1. The summed E-state index contributed by atoms with van der Waals surface area (Å²) in [5.74, 6) is -0.423. The van der Waals surface area contributed by atoms with Crippen LogP contribution in [-0.2, 0) is 9.59 Å². The van der Waals surface area contributed by atoms with Crippen molar-refractivity contribution in [1.29, 1.82) is 0 Å². The number of carbonyl (C=O) groups excluding carboxylic acids is 2. The maximum Gasteiger partial charge on any atom is 0.248 e. The third-order valence-electron chi connectivity index (χ3n) is 3.16. The van der Waals surface area contributed by atoms with E-state index >= 15 is 0 Å². The van der Waals surface area contributed by atoms with Crippen molar-refractivity contribution in [2.24, 2.45) is 0 Å². The van der Waals surface area contributed by atoms with Crippen molar-refractivity contribution in [1.82, 2.24) is 4.90 Å². The topological polar surface area (TPSA) is 49.4 Å². The van der Waals surface area contributed by atoms with Crippen LogP contribution in [0.25, 0.3) is 0 Å². The van der Waals surface area contributed by atoms with E-state index < -0.39 is 0 Å². The highest BCUT2D eigenvalue weighted by Gasteiger charge is 2.13. The lowest BCUT2D eigenvalue weighted by Crippen LogP contribution is -2.34. The molecule has 1 aliphatic rings. The van der Waals surface area contributed by atoms with Crippen molar-refractivity contribution < 1.29 is 9.59 Å². The first kappa shape index (κ1) is 14.6. The lowest BCUT2D eigenvalue weighted by molar-refractivity contribution is -0.127. The van der Waals surface area contributed by atoms with E-state index in [1.807, 2.05) is 0 Å². The van der Waals surface area contributed by atoms with Crippen LogP contribution in [0.3, 0.4) is 0 Å². The largest absolute Gasteiger partial charge is 0.339 e. The Kier molecular flexibility index (Phi) is 5.18. The van der Waals surface area contributed by atoms with Gasteiger partial charge in [0.05, 0.1) is 0 Å². The fraction of sp³-hybridized carbons (Fsp3) is 0.333. The van der Waals surface area contributed by atoms with E-state index in [-0.39, 0.29) is 11.8 Å². The van der Waals surface area contributed by atoms with Crippen LogP contribution < -0.4 is 5.32 Å². The summed E-state index contributed by atoms with van der Waals surface area (Å²) >= 11 is 5.76. The molecule has 106 valence electrons. The molecule has 0 bridgehead atoms. The van der Waals surface area contributed by atoms with Crippen molar-refractivity contribution >= 4 is 29.1 Å². The standard InChI is InChI=1S/C15H17ClN2O2/c16-12-4-6-13(7-5-12)17-14(19)8-9-15(20)18-10-2-1-3-11-18/h4-9H,1-3,10-11H2,(H,17,19)/b9-8-. The summed E-state index contributed by atoms with van der Waals surface area (Å²) in [6, 6.07) is 6.81. The Hall–Kier alpha value is -1.81. The molecule has 0 aliphatic carbocycles. The lowest BCUT2D eigenvalue weighted by Gasteiger charge is -2.25. The number of anilines is 1. The zero-order valence-electron chi connectivity index (χ0n) is 11.1. The molecule has 0 atom stereocenters. The molecular weight excluding hydrogens is 276 g/mol. The van der Waals surface area contributed by atoms with Crippen LogP contribution in [0.5, 0.6) is 0 Å². The van der Waals surface area contributed by atoms with Gasteiger partial charge in [-0.3, -0.25) is 9.59 Å².